The third-order valence-electron chi connectivity index (χ3n) is 12.8. The normalized spacial score (nSPS) is 39.0. The highest BCUT2D eigenvalue weighted by Crippen LogP contribution is 2.69. The first-order valence-electron chi connectivity index (χ1n) is 16.5. The summed E-state index contributed by atoms with van der Waals surface area (Å²) >= 11 is 0. The minimum absolute atomic E-state index is 0.0267. The van der Waals surface area contributed by atoms with Gasteiger partial charge in [-0.15, -0.1) is 0 Å². The zero-order chi connectivity index (χ0) is 31.4. The number of aliphatic hydroxyl groups excluding tert-OH is 2. The number of carbonyl (C=O) groups excluding carboxylic acids is 1. The SMILES string of the molecule is CC[C@H]1[C@@H](O)[C@@H]2[C@H](CC[C@]3(C)[C@@H]([C@H](C)COC(=O)NS(=O)(=O)c4ccc(-n5cccn5)cc4)CC[C@@H]23)[C@@]2(C)CC[C@@H](O)C[C@@H]12. The summed E-state index contributed by atoms with van der Waals surface area (Å²) in [5.74, 6) is 2.07. The average Bonchev–Trinajstić information content (AvgIpc) is 3.65. The number of fused-ring (bicyclic) bond motifs is 5. The molecule has 0 aliphatic heterocycles. The number of hydrogen-bond donors (Lipinski definition) is 3. The molecular formula is C34H49N3O6S. The lowest BCUT2D eigenvalue weighted by molar-refractivity contribution is -0.203. The number of ether oxygens (including phenoxy) is 1. The number of carbonyl (C=O) groups is 1. The molecule has 2 aromatic rings. The van der Waals surface area contributed by atoms with Crippen molar-refractivity contribution in [1.29, 1.82) is 0 Å². The molecule has 242 valence electrons. The molecule has 4 fully saturated rings. The van der Waals surface area contributed by atoms with Crippen LogP contribution in [-0.2, 0) is 14.8 Å². The highest BCUT2D eigenvalue weighted by atomic mass is 32.2. The molecule has 6 rings (SSSR count). The summed E-state index contributed by atoms with van der Waals surface area (Å²) in [6.45, 7) is 9.26. The third kappa shape index (κ3) is 5.28. The molecule has 4 saturated carbocycles. The molecule has 10 heteroatoms. The Kier molecular flexibility index (Phi) is 8.42. The molecule has 1 aromatic heterocycles. The van der Waals surface area contributed by atoms with Crippen LogP contribution >= 0.6 is 0 Å². The van der Waals surface area contributed by atoms with Crippen LogP contribution in [0.15, 0.2) is 47.6 Å². The predicted octanol–water partition coefficient (Wildman–Crippen LogP) is 5.55. The third-order valence-corrected chi connectivity index (χ3v) is 14.1. The molecule has 9 nitrogen and oxygen atoms in total. The molecule has 3 N–H and O–H groups in total. The van der Waals surface area contributed by atoms with Gasteiger partial charge in [0.05, 0.1) is 29.4 Å². The van der Waals surface area contributed by atoms with Crippen LogP contribution in [0, 0.1) is 52.3 Å². The summed E-state index contributed by atoms with van der Waals surface area (Å²) in [5, 5.41) is 26.6. The largest absolute Gasteiger partial charge is 0.449 e. The zero-order valence-electron chi connectivity index (χ0n) is 26.4. The molecule has 1 aromatic carbocycles. The van der Waals surface area contributed by atoms with E-state index in [0.717, 1.165) is 51.4 Å². The van der Waals surface area contributed by atoms with Crippen LogP contribution in [0.1, 0.15) is 79.1 Å². The lowest BCUT2D eigenvalue weighted by atomic mass is 9.41. The van der Waals surface area contributed by atoms with E-state index in [1.165, 1.54) is 12.1 Å². The molecular weight excluding hydrogens is 578 g/mol. The number of hydrogen-bond acceptors (Lipinski definition) is 7. The predicted molar refractivity (Wildman–Crippen MR) is 166 cm³/mol. The van der Waals surface area contributed by atoms with E-state index in [2.05, 4.69) is 37.5 Å². The van der Waals surface area contributed by atoms with Crippen molar-refractivity contribution < 1.29 is 28.2 Å². The molecule has 0 radical (unpaired) electrons. The highest BCUT2D eigenvalue weighted by molar-refractivity contribution is 7.90. The first kappa shape index (κ1) is 31.5. The van der Waals surface area contributed by atoms with Crippen LogP contribution in [0.2, 0.25) is 0 Å². The van der Waals surface area contributed by atoms with E-state index in [4.69, 9.17) is 4.74 Å². The number of benzene rings is 1. The standard InChI is InChI=1S/C34H49N3O6S/c1-5-25-29-19-23(38)13-15-34(29,4)28-14-16-33(3)26(11-12-27(33)30(28)31(25)39)21(2)20-43-32(40)36-44(41,42)24-9-7-22(8-10-24)37-18-6-17-35-37/h6-10,17-18,21,23,25-31,38-39H,5,11-16,19-20H2,1-4H3,(H,36,40)/t21-,23-,25-,26-,27+,28+,29+,30+,31-,33-,34-/m1/s1. The Morgan fingerprint density at radius 1 is 1.07 bits per heavy atom. The van der Waals surface area contributed by atoms with E-state index in [9.17, 15) is 23.4 Å². The average molecular weight is 628 g/mol. The Bertz CT molecular complexity index is 1430. The van der Waals surface area contributed by atoms with Crippen molar-refractivity contribution in [3.05, 3.63) is 42.7 Å². The van der Waals surface area contributed by atoms with Gasteiger partial charge in [0.15, 0.2) is 0 Å². The van der Waals surface area contributed by atoms with Crippen LogP contribution in [-0.4, -0.2) is 53.3 Å². The van der Waals surface area contributed by atoms with Gasteiger partial charge in [0.25, 0.3) is 10.0 Å². The van der Waals surface area contributed by atoms with Crippen LogP contribution < -0.4 is 4.72 Å². The summed E-state index contributed by atoms with van der Waals surface area (Å²) < 4.78 is 34.9. The Morgan fingerprint density at radius 2 is 1.77 bits per heavy atom. The minimum atomic E-state index is -4.09. The molecule has 0 spiro atoms. The highest BCUT2D eigenvalue weighted by Gasteiger charge is 2.64. The zero-order valence-corrected chi connectivity index (χ0v) is 27.2. The van der Waals surface area contributed by atoms with Gasteiger partial charge in [-0.1, -0.05) is 34.1 Å². The Morgan fingerprint density at radius 3 is 2.45 bits per heavy atom. The lowest BCUT2D eigenvalue weighted by Crippen LogP contribution is -2.62. The second-order valence-electron chi connectivity index (χ2n) is 14.7. The van der Waals surface area contributed by atoms with E-state index >= 15 is 0 Å². The molecule has 4 aliphatic carbocycles. The minimum Gasteiger partial charge on any atom is -0.449 e. The second-order valence-corrected chi connectivity index (χ2v) is 16.4. The molecule has 4 aliphatic rings. The number of aromatic nitrogens is 2. The molecule has 1 heterocycles. The maximum Gasteiger partial charge on any atom is 0.421 e. The fraction of sp³-hybridized carbons (Fsp3) is 0.706. The van der Waals surface area contributed by atoms with Crippen molar-refractivity contribution in [2.75, 3.05) is 6.61 Å². The van der Waals surface area contributed by atoms with Crippen molar-refractivity contribution >= 4 is 16.1 Å². The summed E-state index contributed by atoms with van der Waals surface area (Å²) in [4.78, 5) is 12.7. The van der Waals surface area contributed by atoms with Crippen molar-refractivity contribution in [3.63, 3.8) is 0 Å². The summed E-state index contributed by atoms with van der Waals surface area (Å²) in [5.41, 5.74) is 0.890. The van der Waals surface area contributed by atoms with Crippen LogP contribution in [0.25, 0.3) is 5.69 Å². The fourth-order valence-corrected chi connectivity index (χ4v) is 11.5. The fourth-order valence-electron chi connectivity index (χ4n) is 10.7. The van der Waals surface area contributed by atoms with Gasteiger partial charge in [-0.25, -0.2) is 22.6 Å². The van der Waals surface area contributed by atoms with Gasteiger partial charge in [-0.05, 0) is 128 Å². The maximum atomic E-state index is 12.9. The number of nitrogens with one attached hydrogen (secondary N) is 1. The molecule has 0 bridgehead atoms. The molecule has 11 atom stereocenters. The van der Waals surface area contributed by atoms with Gasteiger partial charge in [0, 0.05) is 12.4 Å². The van der Waals surface area contributed by atoms with E-state index in [1.807, 2.05) is 0 Å². The van der Waals surface area contributed by atoms with Crippen LogP contribution in [0.4, 0.5) is 4.79 Å². The summed E-state index contributed by atoms with van der Waals surface area (Å²) in [6, 6.07) is 7.91. The molecule has 0 saturated heterocycles. The Labute approximate surface area is 261 Å². The second kappa shape index (κ2) is 11.7. The van der Waals surface area contributed by atoms with Gasteiger partial charge in [0.1, 0.15) is 0 Å². The summed E-state index contributed by atoms with van der Waals surface area (Å²) in [7, 11) is -4.09. The van der Waals surface area contributed by atoms with Gasteiger partial charge in [-0.2, -0.15) is 5.10 Å². The van der Waals surface area contributed by atoms with Gasteiger partial charge in [0.2, 0.25) is 0 Å². The number of rotatable bonds is 7. The number of nitrogens with zero attached hydrogens (tertiary/aromatic N) is 2. The van der Waals surface area contributed by atoms with E-state index < -0.39 is 16.1 Å². The number of aliphatic hydroxyl groups is 2. The lowest BCUT2D eigenvalue weighted by Gasteiger charge is -2.64. The Hall–Kier alpha value is -2.43. The smallest absolute Gasteiger partial charge is 0.421 e. The van der Waals surface area contributed by atoms with Crippen molar-refractivity contribution in [3.8, 4) is 5.69 Å². The van der Waals surface area contributed by atoms with E-state index in [-0.39, 0.29) is 52.3 Å². The molecule has 1 amide bonds. The Balaban J connectivity index is 1.10. The molecule has 0 unspecified atom stereocenters. The first-order valence-corrected chi connectivity index (χ1v) is 18.0. The van der Waals surface area contributed by atoms with Gasteiger partial charge >= 0.3 is 6.09 Å². The first-order chi connectivity index (χ1) is 20.9. The summed E-state index contributed by atoms with van der Waals surface area (Å²) in [6.07, 6.45) is 9.68. The molecule has 44 heavy (non-hydrogen) atoms. The van der Waals surface area contributed by atoms with Gasteiger partial charge < -0.3 is 14.9 Å². The van der Waals surface area contributed by atoms with E-state index in [1.54, 1.807) is 35.3 Å². The quantitative estimate of drug-likeness (QED) is 0.367. The monoisotopic (exact) mass is 627 g/mol. The maximum absolute atomic E-state index is 12.9. The van der Waals surface area contributed by atoms with Crippen LogP contribution in [0.3, 0.4) is 0 Å². The topological polar surface area (TPSA) is 131 Å². The van der Waals surface area contributed by atoms with E-state index in [0.29, 0.717) is 29.4 Å². The van der Waals surface area contributed by atoms with Crippen molar-refractivity contribution in [2.24, 2.45) is 52.3 Å². The van der Waals surface area contributed by atoms with Gasteiger partial charge in [-0.3, -0.25) is 0 Å². The van der Waals surface area contributed by atoms with Crippen molar-refractivity contribution in [1.82, 2.24) is 14.5 Å². The van der Waals surface area contributed by atoms with Crippen molar-refractivity contribution in [2.45, 2.75) is 96.2 Å². The van der Waals surface area contributed by atoms with Crippen LogP contribution in [0.5, 0.6) is 0 Å². The number of amides is 1. The number of sulfonamides is 1.